The molecule has 0 aliphatic carbocycles. The van der Waals surface area contributed by atoms with Crippen molar-refractivity contribution in [1.82, 2.24) is 24.9 Å². The van der Waals surface area contributed by atoms with E-state index in [0.29, 0.717) is 6.54 Å². The summed E-state index contributed by atoms with van der Waals surface area (Å²) in [5.41, 5.74) is 1.76. The van der Waals surface area contributed by atoms with Crippen molar-refractivity contribution in [3.8, 4) is 11.4 Å². The first kappa shape index (κ1) is 18.3. The number of rotatable bonds is 6. The van der Waals surface area contributed by atoms with Gasteiger partial charge in [0, 0.05) is 45.5 Å². The molecular weight excluding hydrogens is 322 g/mol. The minimum atomic E-state index is -0.299. The van der Waals surface area contributed by atoms with E-state index in [2.05, 4.69) is 10.4 Å². The Labute approximate surface area is 147 Å². The second kappa shape index (κ2) is 8.18. The molecule has 0 saturated carbocycles. The lowest BCUT2D eigenvalue weighted by Gasteiger charge is -2.18. The summed E-state index contributed by atoms with van der Waals surface area (Å²) in [5, 5.41) is 6.87. The molecule has 0 aliphatic heterocycles. The molecule has 0 fully saturated rings. The molecule has 2 aromatic rings. The SMILES string of the molecule is COc1cccc(-n2cc(CN(C)C(=O)CNC(=O)N(C)C)cn2)c1. The summed E-state index contributed by atoms with van der Waals surface area (Å²) in [7, 11) is 6.54. The molecule has 0 spiro atoms. The molecule has 25 heavy (non-hydrogen) atoms. The van der Waals surface area contributed by atoms with Gasteiger partial charge < -0.3 is 19.9 Å². The number of nitrogens with one attached hydrogen (secondary N) is 1. The van der Waals surface area contributed by atoms with Crippen molar-refractivity contribution in [3.63, 3.8) is 0 Å². The highest BCUT2D eigenvalue weighted by molar-refractivity contribution is 5.83. The predicted molar refractivity (Wildman–Crippen MR) is 93.7 cm³/mol. The fourth-order valence-electron chi connectivity index (χ4n) is 2.14. The molecule has 0 bridgehead atoms. The number of hydrogen-bond donors (Lipinski definition) is 1. The van der Waals surface area contributed by atoms with Crippen LogP contribution in [0.15, 0.2) is 36.7 Å². The van der Waals surface area contributed by atoms with Crippen LogP contribution in [0.3, 0.4) is 0 Å². The first-order valence-electron chi connectivity index (χ1n) is 7.78. The molecule has 1 N–H and O–H groups in total. The number of carbonyl (C=O) groups excluding carboxylic acids is 2. The number of carbonyl (C=O) groups is 2. The molecule has 134 valence electrons. The normalized spacial score (nSPS) is 10.2. The van der Waals surface area contributed by atoms with Crippen LogP contribution in [-0.2, 0) is 11.3 Å². The molecule has 0 radical (unpaired) electrons. The quantitative estimate of drug-likeness (QED) is 0.851. The fourth-order valence-corrected chi connectivity index (χ4v) is 2.14. The maximum atomic E-state index is 12.1. The van der Waals surface area contributed by atoms with Crippen molar-refractivity contribution in [1.29, 1.82) is 0 Å². The summed E-state index contributed by atoms with van der Waals surface area (Å²) >= 11 is 0. The Morgan fingerprint density at radius 3 is 2.72 bits per heavy atom. The molecule has 8 nitrogen and oxygen atoms in total. The van der Waals surface area contributed by atoms with Crippen molar-refractivity contribution < 1.29 is 14.3 Å². The Bertz CT molecular complexity index is 741. The van der Waals surface area contributed by atoms with E-state index in [4.69, 9.17) is 4.74 Å². The third kappa shape index (κ3) is 4.97. The maximum absolute atomic E-state index is 12.1. The lowest BCUT2D eigenvalue weighted by atomic mass is 10.3. The van der Waals surface area contributed by atoms with Crippen molar-refractivity contribution in [2.45, 2.75) is 6.54 Å². The Balaban J connectivity index is 1.95. The van der Waals surface area contributed by atoms with Crippen molar-refractivity contribution in [2.75, 3.05) is 34.8 Å². The molecule has 1 aromatic heterocycles. The van der Waals surface area contributed by atoms with Crippen LogP contribution >= 0.6 is 0 Å². The number of urea groups is 1. The average molecular weight is 345 g/mol. The van der Waals surface area contributed by atoms with E-state index < -0.39 is 0 Å². The molecule has 1 aromatic carbocycles. The van der Waals surface area contributed by atoms with Crippen LogP contribution in [0.1, 0.15) is 5.56 Å². The van der Waals surface area contributed by atoms with Crippen LogP contribution in [0.4, 0.5) is 4.79 Å². The van der Waals surface area contributed by atoms with Crippen LogP contribution < -0.4 is 10.1 Å². The third-order valence-electron chi connectivity index (χ3n) is 3.60. The molecular formula is C17H23N5O3. The number of aromatic nitrogens is 2. The van der Waals surface area contributed by atoms with Gasteiger partial charge in [0.1, 0.15) is 5.75 Å². The van der Waals surface area contributed by atoms with E-state index in [1.165, 1.54) is 4.90 Å². The molecule has 3 amide bonds. The van der Waals surface area contributed by atoms with Crippen LogP contribution in [0.2, 0.25) is 0 Å². The zero-order valence-corrected chi connectivity index (χ0v) is 14.9. The van der Waals surface area contributed by atoms with Gasteiger partial charge >= 0.3 is 6.03 Å². The molecule has 0 saturated heterocycles. The van der Waals surface area contributed by atoms with Gasteiger partial charge in [-0.25, -0.2) is 9.48 Å². The average Bonchev–Trinajstić information content (AvgIpc) is 3.07. The van der Waals surface area contributed by atoms with E-state index in [1.807, 2.05) is 30.5 Å². The van der Waals surface area contributed by atoms with Crippen LogP contribution in [0.5, 0.6) is 5.75 Å². The molecule has 2 rings (SSSR count). The lowest BCUT2D eigenvalue weighted by Crippen LogP contribution is -2.41. The third-order valence-corrected chi connectivity index (χ3v) is 3.60. The molecule has 8 heteroatoms. The topological polar surface area (TPSA) is 79.7 Å². The maximum Gasteiger partial charge on any atom is 0.317 e. The minimum absolute atomic E-state index is 0.0441. The summed E-state index contributed by atoms with van der Waals surface area (Å²) < 4.78 is 6.94. The van der Waals surface area contributed by atoms with E-state index in [1.54, 1.807) is 44.0 Å². The number of hydrogen-bond acceptors (Lipinski definition) is 4. The molecule has 0 unspecified atom stereocenters. The summed E-state index contributed by atoms with van der Waals surface area (Å²) in [6.45, 7) is 0.359. The molecule has 0 aliphatic rings. The number of ether oxygens (including phenoxy) is 1. The van der Waals surface area contributed by atoms with Gasteiger partial charge in [-0.15, -0.1) is 0 Å². The smallest absolute Gasteiger partial charge is 0.317 e. The summed E-state index contributed by atoms with van der Waals surface area (Å²) in [6, 6.07) is 7.25. The standard InChI is InChI=1S/C17H23N5O3/c1-20(2)17(24)18-10-16(23)21(3)11-13-9-19-22(12-13)14-6-5-7-15(8-14)25-4/h5-9,12H,10-11H2,1-4H3,(H,18,24). The highest BCUT2D eigenvalue weighted by Crippen LogP contribution is 2.16. The van der Waals surface area contributed by atoms with Crippen LogP contribution in [0, 0.1) is 0 Å². The van der Waals surface area contributed by atoms with E-state index in [9.17, 15) is 9.59 Å². The van der Waals surface area contributed by atoms with Crippen LogP contribution in [-0.4, -0.2) is 66.3 Å². The molecule has 1 heterocycles. The van der Waals surface area contributed by atoms with Gasteiger partial charge in [0.25, 0.3) is 0 Å². The number of amides is 3. The molecule has 0 atom stereocenters. The van der Waals surface area contributed by atoms with Gasteiger partial charge in [0.05, 0.1) is 25.5 Å². The highest BCUT2D eigenvalue weighted by Gasteiger charge is 2.13. The van der Waals surface area contributed by atoms with E-state index >= 15 is 0 Å². The van der Waals surface area contributed by atoms with Crippen molar-refractivity contribution >= 4 is 11.9 Å². The Morgan fingerprint density at radius 2 is 2.04 bits per heavy atom. The zero-order valence-electron chi connectivity index (χ0n) is 14.9. The highest BCUT2D eigenvalue weighted by atomic mass is 16.5. The zero-order chi connectivity index (χ0) is 18.4. The van der Waals surface area contributed by atoms with E-state index in [-0.39, 0.29) is 18.5 Å². The Kier molecular flexibility index (Phi) is 5.99. The van der Waals surface area contributed by atoms with Gasteiger partial charge in [0.2, 0.25) is 5.91 Å². The van der Waals surface area contributed by atoms with Crippen molar-refractivity contribution in [2.24, 2.45) is 0 Å². The Hall–Kier alpha value is -3.03. The number of methoxy groups -OCH3 is 1. The monoisotopic (exact) mass is 345 g/mol. The Morgan fingerprint density at radius 1 is 1.28 bits per heavy atom. The van der Waals surface area contributed by atoms with Gasteiger partial charge in [-0.3, -0.25) is 4.79 Å². The lowest BCUT2D eigenvalue weighted by molar-refractivity contribution is -0.129. The second-order valence-corrected chi connectivity index (χ2v) is 5.80. The van der Waals surface area contributed by atoms with Crippen LogP contribution in [0.25, 0.3) is 5.69 Å². The fraction of sp³-hybridized carbons (Fsp3) is 0.353. The summed E-state index contributed by atoms with van der Waals surface area (Å²) in [6.07, 6.45) is 3.57. The number of nitrogens with zero attached hydrogens (tertiary/aromatic N) is 4. The second-order valence-electron chi connectivity index (χ2n) is 5.80. The van der Waals surface area contributed by atoms with Gasteiger partial charge in [-0.2, -0.15) is 5.10 Å². The van der Waals surface area contributed by atoms with Crippen molar-refractivity contribution in [3.05, 3.63) is 42.2 Å². The first-order valence-corrected chi connectivity index (χ1v) is 7.78. The number of likely N-dealkylation sites (N-methyl/N-ethyl adjacent to an activating group) is 1. The summed E-state index contributed by atoms with van der Waals surface area (Å²) in [4.78, 5) is 26.5. The summed E-state index contributed by atoms with van der Waals surface area (Å²) in [5.74, 6) is 0.572. The number of benzene rings is 1. The largest absolute Gasteiger partial charge is 0.497 e. The van der Waals surface area contributed by atoms with Gasteiger partial charge in [0.15, 0.2) is 0 Å². The van der Waals surface area contributed by atoms with Gasteiger partial charge in [-0.05, 0) is 12.1 Å². The first-order chi connectivity index (χ1) is 11.9. The van der Waals surface area contributed by atoms with E-state index in [0.717, 1.165) is 17.0 Å². The minimum Gasteiger partial charge on any atom is -0.497 e. The predicted octanol–water partition coefficient (Wildman–Crippen LogP) is 1.11. The van der Waals surface area contributed by atoms with Gasteiger partial charge in [-0.1, -0.05) is 6.07 Å².